The Kier molecular flexibility index (Phi) is 6.50. The van der Waals surface area contributed by atoms with Crippen molar-refractivity contribution in [2.75, 3.05) is 13.1 Å². The molecule has 0 saturated carbocycles. The second-order valence-electron chi connectivity index (χ2n) is 9.77. The van der Waals surface area contributed by atoms with Gasteiger partial charge in [-0.15, -0.1) is 0 Å². The molecule has 0 aromatic heterocycles. The van der Waals surface area contributed by atoms with E-state index in [1.807, 2.05) is 19.1 Å². The summed E-state index contributed by atoms with van der Waals surface area (Å²) in [6.07, 6.45) is 20.4. The standard InChI is InChI=1S/C29H33N5O/c1-20-16-21(2)34-27-9-5-4-8-24(17-25(27)18-26(28(34)31-20)32-29(30)35)23-12-10-22(11-13-23)19-33-14-6-3-7-15-33/h6,12,14,16-18,22H,1,3,7-11,13,15,19H2,2H3,(H3,30,32,35). The third-order valence-electron chi connectivity index (χ3n) is 7.14. The van der Waals surface area contributed by atoms with Gasteiger partial charge in [0.1, 0.15) is 0 Å². The van der Waals surface area contributed by atoms with E-state index in [0.29, 0.717) is 29.6 Å². The number of nitrogens with zero attached hydrogens (tertiary/aromatic N) is 3. The van der Waals surface area contributed by atoms with Crippen LogP contribution < -0.4 is 11.1 Å². The van der Waals surface area contributed by atoms with E-state index in [-0.39, 0.29) is 0 Å². The number of nitrogens with one attached hydrogen (secondary N) is 1. The molecule has 3 heterocycles. The molecule has 3 N–H and O–H groups in total. The number of urea groups is 1. The highest BCUT2D eigenvalue weighted by Crippen LogP contribution is 2.36. The summed E-state index contributed by atoms with van der Waals surface area (Å²) in [4.78, 5) is 20.9. The molecule has 5 aliphatic rings. The number of amidine groups is 1. The van der Waals surface area contributed by atoms with Crippen LogP contribution in [-0.4, -0.2) is 34.8 Å². The van der Waals surface area contributed by atoms with E-state index in [9.17, 15) is 4.79 Å². The minimum Gasteiger partial charge on any atom is -0.377 e. The van der Waals surface area contributed by atoms with Gasteiger partial charge >= 0.3 is 6.03 Å². The Morgan fingerprint density at radius 1 is 1.26 bits per heavy atom. The van der Waals surface area contributed by atoms with Gasteiger partial charge in [0, 0.05) is 30.9 Å². The lowest BCUT2D eigenvalue weighted by atomic mass is 9.84. The monoisotopic (exact) mass is 467 g/mol. The molecule has 6 nitrogen and oxygen atoms in total. The van der Waals surface area contributed by atoms with Gasteiger partial charge in [-0.3, -0.25) is 4.90 Å². The zero-order valence-corrected chi connectivity index (χ0v) is 20.4. The van der Waals surface area contributed by atoms with Crippen molar-refractivity contribution in [1.82, 2.24) is 15.1 Å². The van der Waals surface area contributed by atoms with Crippen molar-refractivity contribution < 1.29 is 4.79 Å². The Bertz CT molecular complexity index is 1230. The lowest BCUT2D eigenvalue weighted by Crippen LogP contribution is -2.42. The summed E-state index contributed by atoms with van der Waals surface area (Å²) in [6.45, 7) is 8.34. The molecule has 35 heavy (non-hydrogen) atoms. The maximum atomic E-state index is 11.8. The molecule has 0 aromatic carbocycles. The minimum absolute atomic E-state index is 0.584. The molecule has 0 saturated heterocycles. The van der Waals surface area contributed by atoms with E-state index in [2.05, 4.69) is 63.0 Å². The molecular formula is C29H33N5O. The van der Waals surface area contributed by atoms with Gasteiger partial charge < -0.3 is 16.0 Å². The van der Waals surface area contributed by atoms with Gasteiger partial charge in [0.2, 0.25) is 0 Å². The van der Waals surface area contributed by atoms with Crippen LogP contribution in [-0.2, 0) is 0 Å². The van der Waals surface area contributed by atoms with E-state index < -0.39 is 6.03 Å². The Hall–Kier alpha value is -3.72. The zero-order valence-electron chi connectivity index (χ0n) is 20.4. The molecule has 1 unspecified atom stereocenters. The maximum Gasteiger partial charge on any atom is 0.316 e. The highest BCUT2D eigenvalue weighted by atomic mass is 16.2. The van der Waals surface area contributed by atoms with Gasteiger partial charge in [0.05, 0.1) is 17.8 Å². The SMILES string of the molecule is C=C1C=C(C)N2C(=N1)C(NC(N)=O)=CC1=C2CC#CCC(C2=CCC(CN3C=CCCC3)CC2)=C1. The van der Waals surface area contributed by atoms with E-state index in [1.54, 1.807) is 0 Å². The highest BCUT2D eigenvalue weighted by molar-refractivity contribution is 6.06. The van der Waals surface area contributed by atoms with Gasteiger partial charge in [0.15, 0.2) is 5.84 Å². The van der Waals surface area contributed by atoms with Crippen LogP contribution in [0.2, 0.25) is 0 Å². The predicted molar refractivity (Wildman–Crippen MR) is 140 cm³/mol. The smallest absolute Gasteiger partial charge is 0.316 e. The normalized spacial score (nSPS) is 23.9. The number of primary amides is 1. The van der Waals surface area contributed by atoms with Crippen molar-refractivity contribution in [3.63, 3.8) is 0 Å². The summed E-state index contributed by atoms with van der Waals surface area (Å²) >= 11 is 0. The van der Waals surface area contributed by atoms with Crippen LogP contribution in [0.3, 0.4) is 0 Å². The Balaban J connectivity index is 1.44. The number of fused-ring (bicyclic) bond motifs is 2. The first-order valence-corrected chi connectivity index (χ1v) is 12.5. The summed E-state index contributed by atoms with van der Waals surface area (Å²) in [6, 6.07) is -0.611. The van der Waals surface area contributed by atoms with Crippen molar-refractivity contribution >= 4 is 11.9 Å². The number of carbonyl (C=O) groups excluding carboxylic acids is 1. The second-order valence-corrected chi connectivity index (χ2v) is 9.77. The third kappa shape index (κ3) is 5.05. The second kappa shape index (κ2) is 9.87. The summed E-state index contributed by atoms with van der Waals surface area (Å²) in [7, 11) is 0. The van der Waals surface area contributed by atoms with Crippen LogP contribution in [0.15, 0.2) is 87.7 Å². The molecule has 2 aliphatic carbocycles. The van der Waals surface area contributed by atoms with E-state index in [0.717, 1.165) is 42.8 Å². The van der Waals surface area contributed by atoms with Crippen molar-refractivity contribution in [2.45, 2.75) is 51.9 Å². The topological polar surface area (TPSA) is 74.0 Å². The van der Waals surface area contributed by atoms with Crippen molar-refractivity contribution in [3.8, 4) is 11.8 Å². The summed E-state index contributed by atoms with van der Waals surface area (Å²) in [5.41, 5.74) is 12.5. The molecule has 0 radical (unpaired) electrons. The first-order valence-electron chi connectivity index (χ1n) is 12.5. The van der Waals surface area contributed by atoms with E-state index >= 15 is 0 Å². The molecule has 180 valence electrons. The molecule has 0 spiro atoms. The fraction of sp³-hybridized carbons (Fsp3) is 0.379. The van der Waals surface area contributed by atoms with Gasteiger partial charge in [-0.05, 0) is 86.1 Å². The Morgan fingerprint density at radius 2 is 2.11 bits per heavy atom. The average molecular weight is 468 g/mol. The number of nitrogens with two attached hydrogens (primary N) is 1. The van der Waals surface area contributed by atoms with Gasteiger partial charge in [-0.1, -0.05) is 30.6 Å². The van der Waals surface area contributed by atoms with Crippen molar-refractivity contribution in [1.29, 1.82) is 0 Å². The molecular weight excluding hydrogens is 434 g/mol. The van der Waals surface area contributed by atoms with Crippen molar-refractivity contribution in [3.05, 3.63) is 82.7 Å². The number of amides is 2. The minimum atomic E-state index is -0.611. The lowest BCUT2D eigenvalue weighted by molar-refractivity contribution is 0.251. The van der Waals surface area contributed by atoms with Crippen molar-refractivity contribution in [2.24, 2.45) is 16.6 Å². The van der Waals surface area contributed by atoms with Crippen LogP contribution in [0.25, 0.3) is 0 Å². The van der Waals surface area contributed by atoms with Gasteiger partial charge in [-0.25, -0.2) is 9.79 Å². The number of allylic oxidation sites excluding steroid dienone is 10. The number of hydrogen-bond acceptors (Lipinski definition) is 4. The van der Waals surface area contributed by atoms with E-state index in [1.165, 1.54) is 37.0 Å². The molecule has 0 aromatic rings. The number of aliphatic imine (C=N–C) groups is 1. The quantitative estimate of drug-likeness (QED) is 0.572. The maximum absolute atomic E-state index is 11.8. The molecule has 3 aliphatic heterocycles. The molecule has 0 bridgehead atoms. The van der Waals surface area contributed by atoms with Crippen LogP contribution >= 0.6 is 0 Å². The molecule has 2 amide bonds. The molecule has 6 heteroatoms. The van der Waals surface area contributed by atoms with Crippen LogP contribution in [0.4, 0.5) is 4.79 Å². The number of hydrogen-bond donors (Lipinski definition) is 2. The number of rotatable bonds is 4. The lowest BCUT2D eigenvalue weighted by Gasteiger charge is -2.36. The van der Waals surface area contributed by atoms with Crippen LogP contribution in [0.1, 0.15) is 51.9 Å². The highest BCUT2D eigenvalue weighted by Gasteiger charge is 2.31. The largest absolute Gasteiger partial charge is 0.377 e. The molecule has 5 rings (SSSR count). The van der Waals surface area contributed by atoms with Gasteiger partial charge in [0.25, 0.3) is 0 Å². The first-order chi connectivity index (χ1) is 17.0. The summed E-state index contributed by atoms with van der Waals surface area (Å²) < 4.78 is 0. The summed E-state index contributed by atoms with van der Waals surface area (Å²) in [5, 5.41) is 2.76. The first kappa shape index (κ1) is 23.0. The Labute approximate surface area is 208 Å². The predicted octanol–water partition coefficient (Wildman–Crippen LogP) is 5.00. The van der Waals surface area contributed by atoms with Gasteiger partial charge in [-0.2, -0.15) is 0 Å². The third-order valence-corrected chi connectivity index (χ3v) is 7.14. The number of carbonyl (C=O) groups is 1. The fourth-order valence-corrected chi connectivity index (χ4v) is 5.46. The Morgan fingerprint density at radius 3 is 2.86 bits per heavy atom. The fourth-order valence-electron chi connectivity index (χ4n) is 5.46. The van der Waals surface area contributed by atoms with Crippen LogP contribution in [0, 0.1) is 17.8 Å². The van der Waals surface area contributed by atoms with Crippen LogP contribution in [0.5, 0.6) is 0 Å². The average Bonchev–Trinajstić information content (AvgIpc) is 2.81. The zero-order chi connectivity index (χ0) is 24.4. The molecule has 1 atom stereocenters. The van der Waals surface area contributed by atoms with E-state index in [4.69, 9.17) is 5.73 Å². The molecule has 0 fully saturated rings. The summed E-state index contributed by atoms with van der Waals surface area (Å²) in [5.74, 6) is 8.08.